The fourth-order valence-corrected chi connectivity index (χ4v) is 1.62. The summed E-state index contributed by atoms with van der Waals surface area (Å²) in [5, 5.41) is 11.8. The number of amides is 1. The Balaban J connectivity index is 2.57. The minimum absolute atomic E-state index is 0.0955. The summed E-state index contributed by atoms with van der Waals surface area (Å²) < 4.78 is 0. The van der Waals surface area contributed by atoms with E-state index in [0.29, 0.717) is 35.2 Å². The third kappa shape index (κ3) is 4.36. The van der Waals surface area contributed by atoms with E-state index in [0.717, 1.165) is 6.42 Å². The zero-order valence-electron chi connectivity index (χ0n) is 10.2. The molecule has 4 nitrogen and oxygen atoms in total. The predicted molar refractivity (Wildman–Crippen MR) is 72.2 cm³/mol. The Bertz CT molecular complexity index is 468. The van der Waals surface area contributed by atoms with Gasteiger partial charge in [-0.2, -0.15) is 5.26 Å². The third-order valence-corrected chi connectivity index (χ3v) is 2.95. The lowest BCUT2D eigenvalue weighted by Crippen LogP contribution is -2.16. The molecule has 96 valence electrons. The molecule has 0 radical (unpaired) electrons. The summed E-state index contributed by atoms with van der Waals surface area (Å²) in [6, 6.07) is 6.76. The molecule has 0 aliphatic carbocycles. The highest BCUT2D eigenvalue weighted by Gasteiger charge is 2.08. The highest BCUT2D eigenvalue weighted by molar-refractivity contribution is 6.33. The summed E-state index contributed by atoms with van der Waals surface area (Å²) in [5.74, 6) is 0.231. The van der Waals surface area contributed by atoms with Crippen LogP contribution in [0, 0.1) is 17.2 Å². The van der Waals surface area contributed by atoms with Gasteiger partial charge in [0.25, 0.3) is 0 Å². The number of nitrogens with zero attached hydrogens (tertiary/aromatic N) is 1. The molecule has 1 unspecified atom stereocenters. The van der Waals surface area contributed by atoms with Gasteiger partial charge < -0.3 is 11.1 Å². The van der Waals surface area contributed by atoms with Crippen molar-refractivity contribution in [2.24, 2.45) is 11.7 Å². The van der Waals surface area contributed by atoms with E-state index < -0.39 is 0 Å². The van der Waals surface area contributed by atoms with E-state index in [9.17, 15) is 4.79 Å². The SMILES string of the molecule is CC(CN)CCC(=O)Nc1ccc(C#N)cc1Cl. The fourth-order valence-electron chi connectivity index (χ4n) is 1.39. The summed E-state index contributed by atoms with van der Waals surface area (Å²) in [6.45, 7) is 2.58. The Kier molecular flexibility index (Phi) is 5.63. The lowest BCUT2D eigenvalue weighted by molar-refractivity contribution is -0.116. The quantitative estimate of drug-likeness (QED) is 0.859. The van der Waals surface area contributed by atoms with Crippen molar-refractivity contribution in [2.75, 3.05) is 11.9 Å². The van der Waals surface area contributed by atoms with Gasteiger partial charge in [-0.25, -0.2) is 0 Å². The molecule has 18 heavy (non-hydrogen) atoms. The van der Waals surface area contributed by atoms with Crippen LogP contribution in [0.25, 0.3) is 0 Å². The number of nitrogens with one attached hydrogen (secondary N) is 1. The summed E-state index contributed by atoms with van der Waals surface area (Å²) in [7, 11) is 0. The minimum atomic E-state index is -0.0955. The summed E-state index contributed by atoms with van der Waals surface area (Å²) >= 11 is 5.96. The number of anilines is 1. The molecule has 1 aromatic carbocycles. The summed E-state index contributed by atoms with van der Waals surface area (Å²) in [5.41, 5.74) is 6.48. The lowest BCUT2D eigenvalue weighted by Gasteiger charge is -2.09. The maximum Gasteiger partial charge on any atom is 0.224 e. The van der Waals surface area contributed by atoms with Crippen molar-refractivity contribution in [3.63, 3.8) is 0 Å². The molecule has 0 aliphatic heterocycles. The van der Waals surface area contributed by atoms with Crippen LogP contribution in [0.2, 0.25) is 5.02 Å². The van der Waals surface area contributed by atoms with E-state index in [1.165, 1.54) is 6.07 Å². The molecule has 5 heteroatoms. The normalized spacial score (nSPS) is 11.7. The highest BCUT2D eigenvalue weighted by atomic mass is 35.5. The van der Waals surface area contributed by atoms with Crippen LogP contribution in [0.15, 0.2) is 18.2 Å². The van der Waals surface area contributed by atoms with Crippen molar-refractivity contribution in [2.45, 2.75) is 19.8 Å². The number of carbonyl (C=O) groups excluding carboxylic acids is 1. The van der Waals surface area contributed by atoms with Gasteiger partial charge in [-0.05, 0) is 37.1 Å². The van der Waals surface area contributed by atoms with E-state index in [1.807, 2.05) is 13.0 Å². The van der Waals surface area contributed by atoms with Crippen LogP contribution in [0.1, 0.15) is 25.3 Å². The molecular weight excluding hydrogens is 250 g/mol. The molecular formula is C13H16ClN3O. The van der Waals surface area contributed by atoms with Crippen molar-refractivity contribution in [3.8, 4) is 6.07 Å². The molecule has 0 aromatic heterocycles. The van der Waals surface area contributed by atoms with E-state index in [2.05, 4.69) is 5.32 Å². The topological polar surface area (TPSA) is 78.9 Å². The number of nitrogens with two attached hydrogens (primary N) is 1. The van der Waals surface area contributed by atoms with Gasteiger partial charge in [-0.15, -0.1) is 0 Å². The smallest absolute Gasteiger partial charge is 0.224 e. The first-order valence-electron chi connectivity index (χ1n) is 5.76. The first kappa shape index (κ1) is 14.5. The Morgan fingerprint density at radius 1 is 1.61 bits per heavy atom. The van der Waals surface area contributed by atoms with Crippen molar-refractivity contribution < 1.29 is 4.79 Å². The van der Waals surface area contributed by atoms with E-state index in [1.54, 1.807) is 12.1 Å². The van der Waals surface area contributed by atoms with Crippen molar-refractivity contribution in [3.05, 3.63) is 28.8 Å². The molecule has 0 saturated carbocycles. The van der Waals surface area contributed by atoms with Crippen LogP contribution in [-0.2, 0) is 4.79 Å². The van der Waals surface area contributed by atoms with Crippen LogP contribution in [-0.4, -0.2) is 12.5 Å². The Morgan fingerprint density at radius 2 is 2.33 bits per heavy atom. The van der Waals surface area contributed by atoms with Gasteiger partial charge >= 0.3 is 0 Å². The molecule has 1 amide bonds. The van der Waals surface area contributed by atoms with Gasteiger partial charge in [0.2, 0.25) is 5.91 Å². The number of carbonyl (C=O) groups is 1. The van der Waals surface area contributed by atoms with Gasteiger partial charge in [0.15, 0.2) is 0 Å². The summed E-state index contributed by atoms with van der Waals surface area (Å²) in [4.78, 5) is 11.7. The maximum absolute atomic E-state index is 11.7. The minimum Gasteiger partial charge on any atom is -0.330 e. The second-order valence-corrected chi connectivity index (χ2v) is 4.64. The second-order valence-electron chi connectivity index (χ2n) is 4.23. The largest absolute Gasteiger partial charge is 0.330 e. The summed E-state index contributed by atoms with van der Waals surface area (Å²) in [6.07, 6.45) is 1.16. The van der Waals surface area contributed by atoms with Crippen LogP contribution < -0.4 is 11.1 Å². The lowest BCUT2D eigenvalue weighted by atomic mass is 10.1. The van der Waals surface area contributed by atoms with Gasteiger partial charge in [-0.3, -0.25) is 4.79 Å². The van der Waals surface area contributed by atoms with Crippen LogP contribution in [0.4, 0.5) is 5.69 Å². The molecule has 0 fully saturated rings. The van der Waals surface area contributed by atoms with Crippen LogP contribution in [0.3, 0.4) is 0 Å². The Labute approximate surface area is 112 Å². The van der Waals surface area contributed by atoms with Gasteiger partial charge in [-0.1, -0.05) is 18.5 Å². The first-order valence-corrected chi connectivity index (χ1v) is 6.14. The van der Waals surface area contributed by atoms with Gasteiger partial charge in [0.1, 0.15) is 0 Å². The number of rotatable bonds is 5. The molecule has 0 heterocycles. The Morgan fingerprint density at radius 3 is 2.89 bits per heavy atom. The first-order chi connectivity index (χ1) is 8.56. The molecule has 1 aromatic rings. The molecule has 0 aliphatic rings. The van der Waals surface area contributed by atoms with Crippen LogP contribution in [0.5, 0.6) is 0 Å². The van der Waals surface area contributed by atoms with Crippen molar-refractivity contribution >= 4 is 23.2 Å². The standard InChI is InChI=1S/C13H16ClN3O/c1-9(7-15)2-5-13(18)17-12-4-3-10(8-16)6-11(12)14/h3-4,6,9H,2,5,7,15H2,1H3,(H,17,18). The number of hydrogen-bond acceptors (Lipinski definition) is 3. The molecule has 0 bridgehead atoms. The van der Waals surface area contributed by atoms with Crippen molar-refractivity contribution in [1.82, 2.24) is 0 Å². The van der Waals surface area contributed by atoms with Gasteiger partial charge in [0, 0.05) is 6.42 Å². The zero-order chi connectivity index (χ0) is 13.5. The monoisotopic (exact) mass is 265 g/mol. The number of halogens is 1. The molecule has 1 atom stereocenters. The van der Waals surface area contributed by atoms with Crippen molar-refractivity contribution in [1.29, 1.82) is 5.26 Å². The maximum atomic E-state index is 11.7. The molecule has 3 N–H and O–H groups in total. The van der Waals surface area contributed by atoms with E-state index in [-0.39, 0.29) is 5.91 Å². The van der Waals surface area contributed by atoms with E-state index in [4.69, 9.17) is 22.6 Å². The second kappa shape index (κ2) is 7.00. The third-order valence-electron chi connectivity index (χ3n) is 2.64. The highest BCUT2D eigenvalue weighted by Crippen LogP contribution is 2.23. The van der Waals surface area contributed by atoms with Gasteiger partial charge in [0.05, 0.1) is 22.3 Å². The van der Waals surface area contributed by atoms with E-state index >= 15 is 0 Å². The average molecular weight is 266 g/mol. The predicted octanol–water partition coefficient (Wildman–Crippen LogP) is 2.53. The Hall–Kier alpha value is -1.57. The number of hydrogen-bond donors (Lipinski definition) is 2. The molecule has 0 spiro atoms. The van der Waals surface area contributed by atoms with Crippen LogP contribution >= 0.6 is 11.6 Å². The number of benzene rings is 1. The molecule has 1 rings (SSSR count). The number of nitriles is 1. The zero-order valence-corrected chi connectivity index (χ0v) is 11.0. The molecule has 0 saturated heterocycles. The average Bonchev–Trinajstić information content (AvgIpc) is 2.38. The fraction of sp³-hybridized carbons (Fsp3) is 0.385.